The quantitative estimate of drug-likeness (QED) is 0.662. The van der Waals surface area contributed by atoms with Crippen LogP contribution in [0.25, 0.3) is 10.1 Å². The summed E-state index contributed by atoms with van der Waals surface area (Å²) in [7, 11) is 0. The predicted octanol–water partition coefficient (Wildman–Crippen LogP) is 3.53. The molecule has 0 fully saturated rings. The zero-order valence-corrected chi connectivity index (χ0v) is 12.7. The average molecular weight is 370 g/mol. The van der Waals surface area contributed by atoms with E-state index in [4.69, 9.17) is 11.6 Å². The molecule has 1 aromatic carbocycles. The van der Waals surface area contributed by atoms with Crippen LogP contribution >= 0.6 is 22.9 Å². The maximum Gasteiger partial charge on any atom is 0.405 e. The number of rotatable bonds is 4. The van der Waals surface area contributed by atoms with Gasteiger partial charge in [0.25, 0.3) is 5.91 Å². The van der Waals surface area contributed by atoms with Gasteiger partial charge in [-0.25, -0.2) is 9.18 Å². The molecule has 10 heteroatoms. The van der Waals surface area contributed by atoms with Gasteiger partial charge in [-0.05, 0) is 18.2 Å². The maximum absolute atomic E-state index is 13.1. The molecular formula is C13H8ClF4NO3S. The first kappa shape index (κ1) is 17.5. The maximum atomic E-state index is 13.1. The molecule has 0 saturated carbocycles. The zero-order valence-electron chi connectivity index (χ0n) is 11.2. The van der Waals surface area contributed by atoms with E-state index in [1.54, 1.807) is 5.32 Å². The van der Waals surface area contributed by atoms with Crippen LogP contribution in [-0.4, -0.2) is 31.2 Å². The molecule has 1 amide bonds. The molecule has 0 aliphatic heterocycles. The van der Waals surface area contributed by atoms with Gasteiger partial charge in [0, 0.05) is 10.1 Å². The van der Waals surface area contributed by atoms with Crippen LogP contribution in [0.4, 0.5) is 17.6 Å². The Bertz CT molecular complexity index is 759. The number of carbonyl (C=O) groups is 2. The highest BCUT2D eigenvalue weighted by molar-refractivity contribution is 7.21. The minimum atomic E-state index is -4.56. The third-order valence-corrected chi connectivity index (χ3v) is 4.23. The van der Waals surface area contributed by atoms with Crippen LogP contribution in [0.5, 0.6) is 0 Å². The van der Waals surface area contributed by atoms with E-state index in [-0.39, 0.29) is 9.90 Å². The highest BCUT2D eigenvalue weighted by Crippen LogP contribution is 2.36. The van der Waals surface area contributed by atoms with E-state index in [0.29, 0.717) is 10.1 Å². The third-order valence-electron chi connectivity index (χ3n) is 2.60. The standard InChI is InChI=1S/C13H8ClF4NO3S/c14-10-7-2-1-6(15)3-8(7)23-11(10)12(21)22-4-9(20)19-5-13(16,17)18/h1-3H,4-5H2,(H,19,20). The molecule has 0 unspecified atom stereocenters. The number of halogens is 5. The summed E-state index contributed by atoms with van der Waals surface area (Å²) in [5, 5.41) is 2.03. The molecule has 0 spiro atoms. The largest absolute Gasteiger partial charge is 0.451 e. The van der Waals surface area contributed by atoms with Gasteiger partial charge in [0.05, 0.1) is 5.02 Å². The monoisotopic (exact) mass is 369 g/mol. The Morgan fingerprint density at radius 3 is 2.65 bits per heavy atom. The zero-order chi connectivity index (χ0) is 17.2. The number of ether oxygens (including phenoxy) is 1. The van der Waals surface area contributed by atoms with E-state index in [0.717, 1.165) is 11.3 Å². The molecule has 0 radical (unpaired) electrons. The molecule has 0 bridgehead atoms. The Morgan fingerprint density at radius 2 is 2.00 bits per heavy atom. The number of alkyl halides is 3. The molecule has 4 nitrogen and oxygen atoms in total. The number of hydrogen-bond donors (Lipinski definition) is 1. The van der Waals surface area contributed by atoms with Gasteiger partial charge in [-0.1, -0.05) is 11.6 Å². The molecular weight excluding hydrogens is 362 g/mol. The van der Waals surface area contributed by atoms with Crippen molar-refractivity contribution < 1.29 is 31.9 Å². The Labute approximate surface area is 136 Å². The highest BCUT2D eigenvalue weighted by Gasteiger charge is 2.28. The second-order valence-corrected chi connectivity index (χ2v) is 5.78. The van der Waals surface area contributed by atoms with Gasteiger partial charge in [0.2, 0.25) is 0 Å². The van der Waals surface area contributed by atoms with Crippen LogP contribution in [-0.2, 0) is 9.53 Å². The molecule has 124 valence electrons. The van der Waals surface area contributed by atoms with Crippen molar-refractivity contribution in [3.05, 3.63) is 33.9 Å². The SMILES string of the molecule is O=C(COC(=O)c1sc2cc(F)ccc2c1Cl)NCC(F)(F)F. The lowest BCUT2D eigenvalue weighted by molar-refractivity contribution is -0.140. The lowest BCUT2D eigenvalue weighted by atomic mass is 10.2. The minimum absolute atomic E-state index is 0.0331. The van der Waals surface area contributed by atoms with Crippen LogP contribution in [0, 0.1) is 5.82 Å². The number of fused-ring (bicyclic) bond motifs is 1. The van der Waals surface area contributed by atoms with Crippen LogP contribution < -0.4 is 5.32 Å². The van der Waals surface area contributed by atoms with Crippen molar-refractivity contribution in [2.24, 2.45) is 0 Å². The van der Waals surface area contributed by atoms with E-state index in [1.807, 2.05) is 0 Å². The van der Waals surface area contributed by atoms with Gasteiger partial charge in [0.15, 0.2) is 6.61 Å². The topological polar surface area (TPSA) is 55.4 Å². The number of thiophene rings is 1. The molecule has 2 rings (SSSR count). The summed E-state index contributed by atoms with van der Waals surface area (Å²) in [4.78, 5) is 22.9. The van der Waals surface area contributed by atoms with Gasteiger partial charge < -0.3 is 10.1 Å². The number of nitrogens with one attached hydrogen (secondary N) is 1. The number of hydrogen-bond acceptors (Lipinski definition) is 4. The van der Waals surface area contributed by atoms with Crippen molar-refractivity contribution in [3.63, 3.8) is 0 Å². The van der Waals surface area contributed by atoms with Crippen LogP contribution in [0.15, 0.2) is 18.2 Å². The van der Waals surface area contributed by atoms with Crippen molar-refractivity contribution >= 4 is 44.9 Å². The smallest absolute Gasteiger partial charge is 0.405 e. The molecule has 1 heterocycles. The Morgan fingerprint density at radius 1 is 1.30 bits per heavy atom. The summed E-state index contributed by atoms with van der Waals surface area (Å²) >= 11 is 6.84. The first-order chi connectivity index (χ1) is 10.7. The van der Waals surface area contributed by atoms with Crippen LogP contribution in [0.2, 0.25) is 5.02 Å². The molecule has 1 aromatic heterocycles. The third kappa shape index (κ3) is 4.55. The van der Waals surface area contributed by atoms with Crippen LogP contribution in [0.1, 0.15) is 9.67 Å². The molecule has 0 aliphatic rings. The summed E-state index contributed by atoms with van der Waals surface area (Å²) in [6.45, 7) is -2.40. The fraction of sp³-hybridized carbons (Fsp3) is 0.231. The van der Waals surface area contributed by atoms with Gasteiger partial charge in [0.1, 0.15) is 17.2 Å². The lowest BCUT2D eigenvalue weighted by Gasteiger charge is -2.08. The van der Waals surface area contributed by atoms with E-state index in [1.165, 1.54) is 18.2 Å². The fourth-order valence-corrected chi connectivity index (χ4v) is 3.04. The molecule has 0 saturated heterocycles. The summed E-state index contributed by atoms with van der Waals surface area (Å²) in [6.07, 6.45) is -4.56. The van der Waals surface area contributed by atoms with Crippen LogP contribution in [0.3, 0.4) is 0 Å². The lowest BCUT2D eigenvalue weighted by Crippen LogP contribution is -2.36. The molecule has 23 heavy (non-hydrogen) atoms. The Balaban J connectivity index is 2.01. The van der Waals surface area contributed by atoms with Crippen molar-refractivity contribution in [1.82, 2.24) is 5.32 Å². The first-order valence-corrected chi connectivity index (χ1v) is 7.25. The number of carbonyl (C=O) groups excluding carboxylic acids is 2. The van der Waals surface area contributed by atoms with E-state index in [2.05, 4.69) is 4.74 Å². The second kappa shape index (κ2) is 6.71. The number of benzene rings is 1. The van der Waals surface area contributed by atoms with Gasteiger partial charge in [-0.15, -0.1) is 11.3 Å². The van der Waals surface area contributed by atoms with Gasteiger partial charge in [-0.3, -0.25) is 4.79 Å². The summed E-state index contributed by atoms with van der Waals surface area (Å²) in [5.74, 6) is -2.58. The van der Waals surface area contributed by atoms with E-state index < -0.39 is 37.0 Å². The van der Waals surface area contributed by atoms with E-state index >= 15 is 0 Å². The van der Waals surface area contributed by atoms with Gasteiger partial charge >= 0.3 is 12.1 Å². The molecule has 0 aliphatic carbocycles. The normalized spacial score (nSPS) is 11.5. The summed E-state index contributed by atoms with van der Waals surface area (Å²) in [5.41, 5.74) is 0. The second-order valence-electron chi connectivity index (χ2n) is 4.35. The molecule has 2 aromatic rings. The predicted molar refractivity (Wildman–Crippen MR) is 76.1 cm³/mol. The average Bonchev–Trinajstić information content (AvgIpc) is 2.78. The highest BCUT2D eigenvalue weighted by atomic mass is 35.5. The number of amides is 1. The number of esters is 1. The fourth-order valence-electron chi connectivity index (χ4n) is 1.62. The van der Waals surface area contributed by atoms with Crippen molar-refractivity contribution in [1.29, 1.82) is 0 Å². The summed E-state index contributed by atoms with van der Waals surface area (Å²) in [6, 6.07) is 3.73. The van der Waals surface area contributed by atoms with Gasteiger partial charge in [-0.2, -0.15) is 13.2 Å². The summed E-state index contributed by atoms with van der Waals surface area (Å²) < 4.78 is 53.9. The van der Waals surface area contributed by atoms with Crippen molar-refractivity contribution in [2.45, 2.75) is 6.18 Å². The van der Waals surface area contributed by atoms with Crippen molar-refractivity contribution in [3.8, 4) is 0 Å². The Hall–Kier alpha value is -1.87. The van der Waals surface area contributed by atoms with Crippen molar-refractivity contribution in [2.75, 3.05) is 13.2 Å². The minimum Gasteiger partial charge on any atom is -0.451 e. The van der Waals surface area contributed by atoms with E-state index in [9.17, 15) is 27.2 Å². The Kier molecular flexibility index (Phi) is 5.10. The first-order valence-electron chi connectivity index (χ1n) is 6.05. The molecule has 0 atom stereocenters. The molecule has 1 N–H and O–H groups in total.